The van der Waals surface area contributed by atoms with Crippen LogP contribution in [0.1, 0.15) is 39.1 Å². The summed E-state index contributed by atoms with van der Waals surface area (Å²) in [6.45, 7) is 7.87. The molecule has 1 aromatic heterocycles. The number of aromatic amines is 1. The van der Waals surface area contributed by atoms with E-state index in [-0.39, 0.29) is 11.2 Å². The van der Waals surface area contributed by atoms with E-state index in [4.69, 9.17) is 0 Å². The van der Waals surface area contributed by atoms with Gasteiger partial charge in [-0.25, -0.2) is 0 Å². The first-order valence-corrected chi connectivity index (χ1v) is 4.44. The fourth-order valence-electron chi connectivity index (χ4n) is 1.10. The number of carbonyl (C=O) groups is 1. The molecule has 1 heterocycles. The highest BCUT2D eigenvalue weighted by Crippen LogP contribution is 2.20. The predicted molar refractivity (Wildman–Crippen MR) is 51.7 cm³/mol. The van der Waals surface area contributed by atoms with Gasteiger partial charge in [0.15, 0.2) is 0 Å². The monoisotopic (exact) mass is 180 g/mol. The number of aromatic nitrogens is 2. The Morgan fingerprint density at radius 3 is 2.54 bits per heavy atom. The molecule has 0 unspecified atom stereocenters. The van der Waals surface area contributed by atoms with E-state index in [0.717, 1.165) is 11.4 Å². The van der Waals surface area contributed by atoms with Gasteiger partial charge in [0, 0.05) is 17.5 Å². The molecule has 0 saturated heterocycles. The van der Waals surface area contributed by atoms with Crippen molar-refractivity contribution in [2.75, 3.05) is 0 Å². The Morgan fingerprint density at radius 1 is 1.54 bits per heavy atom. The second-order valence-electron chi connectivity index (χ2n) is 4.41. The lowest BCUT2D eigenvalue weighted by Crippen LogP contribution is -2.11. The van der Waals surface area contributed by atoms with Gasteiger partial charge in [0.2, 0.25) is 0 Å². The minimum Gasteiger partial charge on any atom is -0.300 e. The SMILES string of the molecule is CC(=O)Cc1cc(C(C)(C)C)n[nH]1. The van der Waals surface area contributed by atoms with Crippen LogP contribution in [0.25, 0.3) is 0 Å². The van der Waals surface area contributed by atoms with Crippen LogP contribution < -0.4 is 0 Å². The van der Waals surface area contributed by atoms with Crippen molar-refractivity contribution in [1.29, 1.82) is 0 Å². The van der Waals surface area contributed by atoms with E-state index in [0.29, 0.717) is 6.42 Å². The number of Topliss-reactive ketones (excluding diaryl/α,β-unsaturated/α-hetero) is 1. The molecule has 3 heteroatoms. The summed E-state index contributed by atoms with van der Waals surface area (Å²) < 4.78 is 0. The van der Waals surface area contributed by atoms with E-state index in [1.54, 1.807) is 6.92 Å². The summed E-state index contributed by atoms with van der Waals surface area (Å²) >= 11 is 0. The molecule has 1 aromatic rings. The Balaban J connectivity index is 2.81. The Hall–Kier alpha value is -1.12. The van der Waals surface area contributed by atoms with Crippen molar-refractivity contribution >= 4 is 5.78 Å². The van der Waals surface area contributed by atoms with Gasteiger partial charge in [0.25, 0.3) is 0 Å². The molecular formula is C10H16N2O. The molecule has 0 aromatic carbocycles. The summed E-state index contributed by atoms with van der Waals surface area (Å²) in [5.74, 6) is 0.157. The van der Waals surface area contributed by atoms with Crippen LogP contribution in [0, 0.1) is 0 Å². The second kappa shape index (κ2) is 3.32. The molecule has 0 aliphatic rings. The van der Waals surface area contributed by atoms with Crippen molar-refractivity contribution < 1.29 is 4.79 Å². The molecule has 0 fully saturated rings. The molecule has 0 spiro atoms. The number of carbonyl (C=O) groups excluding carboxylic acids is 1. The molecule has 0 saturated carbocycles. The van der Waals surface area contributed by atoms with Crippen LogP contribution in [0.3, 0.4) is 0 Å². The number of rotatable bonds is 2. The van der Waals surface area contributed by atoms with Gasteiger partial charge in [0.05, 0.1) is 5.69 Å². The van der Waals surface area contributed by atoms with Crippen LogP contribution in [-0.2, 0) is 16.6 Å². The van der Waals surface area contributed by atoms with Crippen molar-refractivity contribution in [2.45, 2.75) is 39.5 Å². The molecule has 1 rings (SSSR count). The lowest BCUT2D eigenvalue weighted by Gasteiger charge is -2.13. The van der Waals surface area contributed by atoms with Crippen molar-refractivity contribution in [3.05, 3.63) is 17.5 Å². The van der Waals surface area contributed by atoms with Gasteiger partial charge in [-0.1, -0.05) is 20.8 Å². The van der Waals surface area contributed by atoms with Crippen molar-refractivity contribution in [1.82, 2.24) is 10.2 Å². The number of nitrogens with zero attached hydrogens (tertiary/aromatic N) is 1. The van der Waals surface area contributed by atoms with Crippen LogP contribution in [-0.4, -0.2) is 16.0 Å². The predicted octanol–water partition coefficient (Wildman–Crippen LogP) is 1.84. The maximum atomic E-state index is 10.8. The number of hydrogen-bond donors (Lipinski definition) is 1. The molecule has 13 heavy (non-hydrogen) atoms. The number of nitrogens with one attached hydrogen (secondary N) is 1. The molecular weight excluding hydrogens is 164 g/mol. The maximum Gasteiger partial charge on any atom is 0.135 e. The molecule has 72 valence electrons. The molecule has 3 nitrogen and oxygen atoms in total. The Morgan fingerprint density at radius 2 is 2.15 bits per heavy atom. The van der Waals surface area contributed by atoms with Gasteiger partial charge in [-0.3, -0.25) is 9.89 Å². The summed E-state index contributed by atoms with van der Waals surface area (Å²) in [4.78, 5) is 10.8. The summed E-state index contributed by atoms with van der Waals surface area (Å²) in [5.41, 5.74) is 1.95. The number of hydrogen-bond acceptors (Lipinski definition) is 2. The van der Waals surface area contributed by atoms with E-state index in [2.05, 4.69) is 31.0 Å². The highest BCUT2D eigenvalue weighted by molar-refractivity contribution is 5.77. The fourth-order valence-corrected chi connectivity index (χ4v) is 1.10. The molecule has 0 aliphatic heterocycles. The lowest BCUT2D eigenvalue weighted by molar-refractivity contribution is -0.116. The van der Waals surface area contributed by atoms with E-state index in [9.17, 15) is 4.79 Å². The normalized spacial score (nSPS) is 11.7. The molecule has 0 amide bonds. The molecule has 0 aliphatic carbocycles. The van der Waals surface area contributed by atoms with E-state index < -0.39 is 0 Å². The largest absolute Gasteiger partial charge is 0.300 e. The van der Waals surface area contributed by atoms with E-state index >= 15 is 0 Å². The average Bonchev–Trinajstić information content (AvgIpc) is 2.32. The summed E-state index contributed by atoms with van der Waals surface area (Å²) in [7, 11) is 0. The van der Waals surface area contributed by atoms with Crippen molar-refractivity contribution in [3.8, 4) is 0 Å². The van der Waals surface area contributed by atoms with Crippen molar-refractivity contribution in [2.24, 2.45) is 0 Å². The first kappa shape index (κ1) is 9.96. The molecule has 0 atom stereocenters. The van der Waals surface area contributed by atoms with Gasteiger partial charge < -0.3 is 0 Å². The minimum absolute atomic E-state index is 0.0472. The third kappa shape index (κ3) is 2.68. The average molecular weight is 180 g/mol. The van der Waals surface area contributed by atoms with Gasteiger partial charge in [-0.2, -0.15) is 5.10 Å². The highest BCUT2D eigenvalue weighted by atomic mass is 16.1. The van der Waals surface area contributed by atoms with Crippen LogP contribution in [0.15, 0.2) is 6.07 Å². The zero-order valence-electron chi connectivity index (χ0n) is 8.64. The smallest absolute Gasteiger partial charge is 0.135 e. The fraction of sp³-hybridized carbons (Fsp3) is 0.600. The Labute approximate surface area is 78.5 Å². The molecule has 0 bridgehead atoms. The van der Waals surface area contributed by atoms with Gasteiger partial charge in [-0.15, -0.1) is 0 Å². The maximum absolute atomic E-state index is 10.8. The van der Waals surface area contributed by atoms with Crippen LogP contribution in [0.5, 0.6) is 0 Å². The zero-order valence-corrected chi connectivity index (χ0v) is 8.64. The summed E-state index contributed by atoms with van der Waals surface area (Å²) in [5, 5.41) is 7.04. The third-order valence-electron chi connectivity index (χ3n) is 1.84. The van der Waals surface area contributed by atoms with E-state index in [1.165, 1.54) is 0 Å². The second-order valence-corrected chi connectivity index (χ2v) is 4.41. The van der Waals surface area contributed by atoms with Gasteiger partial charge in [-0.05, 0) is 13.0 Å². The zero-order chi connectivity index (χ0) is 10.1. The Bertz CT molecular complexity index is 307. The van der Waals surface area contributed by atoms with Crippen LogP contribution >= 0.6 is 0 Å². The quantitative estimate of drug-likeness (QED) is 0.754. The Kier molecular flexibility index (Phi) is 2.55. The highest BCUT2D eigenvalue weighted by Gasteiger charge is 2.17. The molecule has 1 N–H and O–H groups in total. The lowest BCUT2D eigenvalue weighted by atomic mass is 9.92. The summed E-state index contributed by atoms with van der Waals surface area (Å²) in [6, 6.07) is 1.96. The topological polar surface area (TPSA) is 45.8 Å². The number of ketones is 1. The number of H-pyrrole nitrogens is 1. The van der Waals surface area contributed by atoms with Gasteiger partial charge in [0.1, 0.15) is 5.78 Å². The summed E-state index contributed by atoms with van der Waals surface area (Å²) in [6.07, 6.45) is 0.448. The first-order valence-electron chi connectivity index (χ1n) is 4.44. The third-order valence-corrected chi connectivity index (χ3v) is 1.84. The van der Waals surface area contributed by atoms with Gasteiger partial charge >= 0.3 is 0 Å². The van der Waals surface area contributed by atoms with Crippen LogP contribution in [0.2, 0.25) is 0 Å². The standard InChI is InChI=1S/C10H16N2O/c1-7(13)5-8-6-9(12-11-8)10(2,3)4/h6H,5H2,1-4H3,(H,11,12). The van der Waals surface area contributed by atoms with Crippen molar-refractivity contribution in [3.63, 3.8) is 0 Å². The molecule has 0 radical (unpaired) electrons. The first-order chi connectivity index (χ1) is 5.89. The van der Waals surface area contributed by atoms with E-state index in [1.807, 2.05) is 6.07 Å². The van der Waals surface area contributed by atoms with Crippen LogP contribution in [0.4, 0.5) is 0 Å². The minimum atomic E-state index is 0.0472.